The van der Waals surface area contributed by atoms with Crippen LogP contribution in [0.15, 0.2) is 30.3 Å². The molecule has 2 fully saturated rings. The van der Waals surface area contributed by atoms with Crippen LogP contribution >= 0.6 is 0 Å². The highest BCUT2D eigenvalue weighted by molar-refractivity contribution is 5.13. The molecule has 0 unspecified atom stereocenters. The fourth-order valence-corrected chi connectivity index (χ4v) is 3.41. The predicted octanol–water partition coefficient (Wildman–Crippen LogP) is 2.42. The molecule has 0 bridgehead atoms. The molecular formula is C17H26N2O. The number of hydrogen-bond donors (Lipinski definition) is 1. The fraction of sp³-hybridized carbons (Fsp3) is 0.647. The first-order valence-corrected chi connectivity index (χ1v) is 8.01. The minimum absolute atomic E-state index is 0.626. The van der Waals surface area contributed by atoms with Crippen LogP contribution in [0.3, 0.4) is 0 Å². The lowest BCUT2D eigenvalue weighted by atomic mass is 10.2. The topological polar surface area (TPSA) is 24.5 Å². The monoisotopic (exact) mass is 274 g/mol. The van der Waals surface area contributed by atoms with E-state index < -0.39 is 0 Å². The maximum absolute atomic E-state index is 5.94. The second-order valence-corrected chi connectivity index (χ2v) is 6.08. The van der Waals surface area contributed by atoms with Crippen molar-refractivity contribution in [2.75, 3.05) is 26.2 Å². The molecule has 0 spiro atoms. The summed E-state index contributed by atoms with van der Waals surface area (Å²) in [7, 11) is 0. The van der Waals surface area contributed by atoms with E-state index in [9.17, 15) is 0 Å². The van der Waals surface area contributed by atoms with Crippen molar-refractivity contribution < 1.29 is 4.74 Å². The van der Waals surface area contributed by atoms with Crippen LogP contribution in [0.4, 0.5) is 0 Å². The van der Waals surface area contributed by atoms with E-state index in [1.54, 1.807) is 0 Å². The molecule has 0 radical (unpaired) electrons. The lowest BCUT2D eigenvalue weighted by molar-refractivity contribution is 0.0642. The van der Waals surface area contributed by atoms with E-state index in [1.165, 1.54) is 50.9 Å². The standard InChI is InChI=1S/C17H26N2O/c1-2-6-15(7-3-1)13-20-14-17-9-5-11-19(17)12-16-8-4-10-18-16/h1-3,6-7,16-18H,4-5,8-14H2/t16-,17-/m0/s1. The molecule has 0 amide bonds. The van der Waals surface area contributed by atoms with Crippen LogP contribution in [0.1, 0.15) is 31.2 Å². The maximum atomic E-state index is 5.94. The third-order valence-corrected chi connectivity index (χ3v) is 4.54. The number of benzene rings is 1. The molecule has 3 heteroatoms. The highest BCUT2D eigenvalue weighted by Gasteiger charge is 2.27. The molecule has 3 rings (SSSR count). The highest BCUT2D eigenvalue weighted by Crippen LogP contribution is 2.20. The Balaban J connectivity index is 1.41. The van der Waals surface area contributed by atoms with E-state index in [0.29, 0.717) is 12.1 Å². The van der Waals surface area contributed by atoms with Gasteiger partial charge in [-0.3, -0.25) is 4.90 Å². The van der Waals surface area contributed by atoms with Crippen LogP contribution in [0, 0.1) is 0 Å². The van der Waals surface area contributed by atoms with Gasteiger partial charge in [0.15, 0.2) is 0 Å². The molecule has 0 aromatic heterocycles. The van der Waals surface area contributed by atoms with E-state index in [-0.39, 0.29) is 0 Å². The molecule has 3 nitrogen and oxygen atoms in total. The minimum Gasteiger partial charge on any atom is -0.375 e. The summed E-state index contributed by atoms with van der Waals surface area (Å²) in [5.41, 5.74) is 1.27. The van der Waals surface area contributed by atoms with Gasteiger partial charge in [0.25, 0.3) is 0 Å². The lowest BCUT2D eigenvalue weighted by Gasteiger charge is -2.27. The molecule has 2 heterocycles. The third-order valence-electron chi connectivity index (χ3n) is 4.54. The van der Waals surface area contributed by atoms with Crippen molar-refractivity contribution in [1.29, 1.82) is 0 Å². The van der Waals surface area contributed by atoms with Crippen molar-refractivity contribution >= 4 is 0 Å². The molecular weight excluding hydrogens is 248 g/mol. The summed E-state index contributed by atoms with van der Waals surface area (Å²) in [6.07, 6.45) is 5.30. The van der Waals surface area contributed by atoms with E-state index in [0.717, 1.165) is 13.2 Å². The van der Waals surface area contributed by atoms with Gasteiger partial charge in [-0.2, -0.15) is 0 Å². The molecule has 1 N–H and O–H groups in total. The summed E-state index contributed by atoms with van der Waals surface area (Å²) in [5, 5.41) is 3.60. The number of ether oxygens (including phenoxy) is 1. The van der Waals surface area contributed by atoms with E-state index in [2.05, 4.69) is 40.5 Å². The summed E-state index contributed by atoms with van der Waals surface area (Å²) in [6, 6.07) is 11.8. The van der Waals surface area contributed by atoms with Gasteiger partial charge in [-0.25, -0.2) is 0 Å². The smallest absolute Gasteiger partial charge is 0.0717 e. The first kappa shape index (κ1) is 14.1. The van der Waals surface area contributed by atoms with Crippen LogP contribution in [0.2, 0.25) is 0 Å². The van der Waals surface area contributed by atoms with Crippen molar-refractivity contribution in [2.24, 2.45) is 0 Å². The van der Waals surface area contributed by atoms with Crippen LogP contribution < -0.4 is 5.32 Å². The van der Waals surface area contributed by atoms with Crippen LogP contribution in [0.5, 0.6) is 0 Å². The summed E-state index contributed by atoms with van der Waals surface area (Å²) >= 11 is 0. The minimum atomic E-state index is 0.626. The van der Waals surface area contributed by atoms with E-state index >= 15 is 0 Å². The van der Waals surface area contributed by atoms with Gasteiger partial charge < -0.3 is 10.1 Å². The van der Waals surface area contributed by atoms with Gasteiger partial charge >= 0.3 is 0 Å². The molecule has 1 aromatic rings. The Morgan fingerprint density at radius 1 is 1.15 bits per heavy atom. The summed E-state index contributed by atoms with van der Waals surface area (Å²) in [5.74, 6) is 0. The van der Waals surface area contributed by atoms with Crippen molar-refractivity contribution in [2.45, 2.75) is 44.4 Å². The zero-order chi connectivity index (χ0) is 13.6. The summed E-state index contributed by atoms with van der Waals surface area (Å²) in [4.78, 5) is 2.63. The highest BCUT2D eigenvalue weighted by atomic mass is 16.5. The molecule has 20 heavy (non-hydrogen) atoms. The zero-order valence-electron chi connectivity index (χ0n) is 12.3. The second-order valence-electron chi connectivity index (χ2n) is 6.08. The number of rotatable bonds is 6. The molecule has 2 aliphatic rings. The molecule has 2 atom stereocenters. The van der Waals surface area contributed by atoms with E-state index in [1.807, 2.05) is 0 Å². The van der Waals surface area contributed by atoms with Gasteiger partial charge in [-0.05, 0) is 44.3 Å². The number of hydrogen-bond acceptors (Lipinski definition) is 3. The second kappa shape index (κ2) is 7.21. The average Bonchev–Trinajstić information content (AvgIpc) is 3.13. The maximum Gasteiger partial charge on any atom is 0.0717 e. The Bertz CT molecular complexity index is 389. The summed E-state index contributed by atoms with van der Waals surface area (Å²) in [6.45, 7) is 5.28. The van der Waals surface area contributed by atoms with Crippen molar-refractivity contribution in [3.05, 3.63) is 35.9 Å². The Labute approximate surface area is 122 Å². The third kappa shape index (κ3) is 3.81. The SMILES string of the molecule is c1ccc(COC[C@@H]2CCCN2C[C@@H]2CCCN2)cc1. The number of likely N-dealkylation sites (tertiary alicyclic amines) is 1. The number of nitrogens with one attached hydrogen (secondary N) is 1. The Morgan fingerprint density at radius 3 is 2.85 bits per heavy atom. The van der Waals surface area contributed by atoms with Crippen molar-refractivity contribution in [3.63, 3.8) is 0 Å². The molecule has 0 aliphatic carbocycles. The fourth-order valence-electron chi connectivity index (χ4n) is 3.41. The zero-order valence-corrected chi connectivity index (χ0v) is 12.3. The molecule has 110 valence electrons. The Morgan fingerprint density at radius 2 is 2.05 bits per heavy atom. The van der Waals surface area contributed by atoms with Gasteiger partial charge in [-0.1, -0.05) is 30.3 Å². The van der Waals surface area contributed by atoms with Gasteiger partial charge in [-0.15, -0.1) is 0 Å². The molecule has 2 saturated heterocycles. The van der Waals surface area contributed by atoms with Crippen molar-refractivity contribution in [1.82, 2.24) is 10.2 Å². The van der Waals surface area contributed by atoms with Gasteiger partial charge in [0.2, 0.25) is 0 Å². The molecule has 2 aliphatic heterocycles. The predicted molar refractivity (Wildman–Crippen MR) is 81.7 cm³/mol. The van der Waals surface area contributed by atoms with Crippen molar-refractivity contribution in [3.8, 4) is 0 Å². The van der Waals surface area contributed by atoms with Gasteiger partial charge in [0.05, 0.1) is 13.2 Å². The quantitative estimate of drug-likeness (QED) is 0.862. The first-order valence-electron chi connectivity index (χ1n) is 8.01. The van der Waals surface area contributed by atoms with Crippen LogP contribution in [0.25, 0.3) is 0 Å². The van der Waals surface area contributed by atoms with Crippen LogP contribution in [-0.4, -0.2) is 43.2 Å². The van der Waals surface area contributed by atoms with Gasteiger partial charge in [0.1, 0.15) is 0 Å². The lowest BCUT2D eigenvalue weighted by Crippen LogP contribution is -2.41. The van der Waals surface area contributed by atoms with Crippen LogP contribution in [-0.2, 0) is 11.3 Å². The number of nitrogens with zero attached hydrogens (tertiary/aromatic N) is 1. The molecule has 1 aromatic carbocycles. The summed E-state index contributed by atoms with van der Waals surface area (Å²) < 4.78 is 5.94. The normalized spacial score (nSPS) is 27.2. The Hall–Kier alpha value is -0.900. The average molecular weight is 274 g/mol. The first-order chi connectivity index (χ1) is 9.92. The Kier molecular flexibility index (Phi) is 5.06. The molecule has 0 saturated carbocycles. The van der Waals surface area contributed by atoms with Gasteiger partial charge in [0, 0.05) is 18.6 Å². The largest absolute Gasteiger partial charge is 0.375 e. The van der Waals surface area contributed by atoms with E-state index in [4.69, 9.17) is 4.74 Å².